The molecule has 1 N–H and O–H groups in total. The molecule has 0 amide bonds. The summed E-state index contributed by atoms with van der Waals surface area (Å²) in [5, 5.41) is 14.9. The van der Waals surface area contributed by atoms with Crippen LogP contribution in [0.5, 0.6) is 0 Å². The SMILES string of the molecule is Cc1ccccc1C(O)Cn1ncc(Cl)c1C. The first-order valence-electron chi connectivity index (χ1n) is 5.51. The van der Waals surface area contributed by atoms with Gasteiger partial charge in [-0.05, 0) is 25.0 Å². The van der Waals surface area contributed by atoms with Crippen LogP contribution in [0.2, 0.25) is 5.02 Å². The molecule has 0 aliphatic heterocycles. The van der Waals surface area contributed by atoms with Crippen molar-refractivity contribution in [2.75, 3.05) is 0 Å². The number of halogens is 1. The van der Waals surface area contributed by atoms with Gasteiger partial charge < -0.3 is 5.11 Å². The summed E-state index contributed by atoms with van der Waals surface area (Å²) in [5.74, 6) is 0. The van der Waals surface area contributed by atoms with E-state index in [1.165, 1.54) is 0 Å². The van der Waals surface area contributed by atoms with Crippen molar-refractivity contribution in [3.63, 3.8) is 0 Å². The highest BCUT2D eigenvalue weighted by Gasteiger charge is 2.13. The molecule has 17 heavy (non-hydrogen) atoms. The summed E-state index contributed by atoms with van der Waals surface area (Å²) in [5.41, 5.74) is 2.88. The third-order valence-electron chi connectivity index (χ3n) is 2.94. The van der Waals surface area contributed by atoms with Crippen molar-refractivity contribution in [1.29, 1.82) is 0 Å². The summed E-state index contributed by atoms with van der Waals surface area (Å²) in [6, 6.07) is 7.80. The second-order valence-electron chi connectivity index (χ2n) is 4.13. The van der Waals surface area contributed by atoms with Gasteiger partial charge in [0.15, 0.2) is 0 Å². The minimum Gasteiger partial charge on any atom is -0.386 e. The molecule has 0 aliphatic carbocycles. The summed E-state index contributed by atoms with van der Waals surface area (Å²) in [6.07, 6.45) is 1.03. The van der Waals surface area contributed by atoms with Gasteiger partial charge in [-0.3, -0.25) is 4.68 Å². The van der Waals surface area contributed by atoms with Gasteiger partial charge in [0.1, 0.15) is 0 Å². The first kappa shape index (κ1) is 12.1. The molecule has 0 saturated carbocycles. The molecule has 2 aromatic rings. The summed E-state index contributed by atoms with van der Waals surface area (Å²) in [6.45, 7) is 4.30. The van der Waals surface area contributed by atoms with Gasteiger partial charge in [-0.15, -0.1) is 0 Å². The van der Waals surface area contributed by atoms with Crippen LogP contribution in [0.1, 0.15) is 22.9 Å². The van der Waals surface area contributed by atoms with E-state index in [1.807, 2.05) is 38.1 Å². The van der Waals surface area contributed by atoms with Gasteiger partial charge in [0, 0.05) is 0 Å². The number of nitrogens with zero attached hydrogens (tertiary/aromatic N) is 2. The Morgan fingerprint density at radius 1 is 1.35 bits per heavy atom. The van der Waals surface area contributed by atoms with Gasteiger partial charge in [-0.2, -0.15) is 5.10 Å². The van der Waals surface area contributed by atoms with Gasteiger partial charge >= 0.3 is 0 Å². The van der Waals surface area contributed by atoms with Gasteiger partial charge in [0.25, 0.3) is 0 Å². The van der Waals surface area contributed by atoms with E-state index < -0.39 is 6.10 Å². The van der Waals surface area contributed by atoms with Crippen LogP contribution in [-0.2, 0) is 6.54 Å². The largest absolute Gasteiger partial charge is 0.386 e. The van der Waals surface area contributed by atoms with Crippen molar-refractivity contribution in [2.45, 2.75) is 26.5 Å². The highest BCUT2D eigenvalue weighted by Crippen LogP contribution is 2.21. The highest BCUT2D eigenvalue weighted by atomic mass is 35.5. The number of aromatic nitrogens is 2. The fourth-order valence-corrected chi connectivity index (χ4v) is 1.97. The van der Waals surface area contributed by atoms with E-state index in [1.54, 1.807) is 10.9 Å². The van der Waals surface area contributed by atoms with Crippen molar-refractivity contribution in [2.24, 2.45) is 0 Å². The van der Waals surface area contributed by atoms with Gasteiger partial charge in [-0.1, -0.05) is 35.9 Å². The molecule has 0 bridgehead atoms. The summed E-state index contributed by atoms with van der Waals surface area (Å²) < 4.78 is 1.72. The van der Waals surface area contributed by atoms with Crippen molar-refractivity contribution in [1.82, 2.24) is 9.78 Å². The Kier molecular flexibility index (Phi) is 3.50. The molecular formula is C13H15ClN2O. The summed E-state index contributed by atoms with van der Waals surface area (Å²) in [7, 11) is 0. The molecule has 1 aromatic heterocycles. The van der Waals surface area contributed by atoms with Crippen LogP contribution in [0.25, 0.3) is 0 Å². The van der Waals surface area contributed by atoms with Crippen molar-refractivity contribution in [3.8, 4) is 0 Å². The number of aliphatic hydroxyl groups excluding tert-OH is 1. The third kappa shape index (κ3) is 2.51. The molecule has 3 nitrogen and oxygen atoms in total. The van der Waals surface area contributed by atoms with E-state index >= 15 is 0 Å². The highest BCUT2D eigenvalue weighted by molar-refractivity contribution is 6.31. The number of aryl methyl sites for hydroxylation is 1. The molecular weight excluding hydrogens is 236 g/mol. The quantitative estimate of drug-likeness (QED) is 0.910. The van der Waals surface area contributed by atoms with E-state index in [-0.39, 0.29) is 0 Å². The summed E-state index contributed by atoms with van der Waals surface area (Å²) >= 11 is 5.93. The van der Waals surface area contributed by atoms with Crippen molar-refractivity contribution in [3.05, 3.63) is 52.3 Å². The Labute approximate surface area is 106 Å². The predicted octanol–water partition coefficient (Wildman–Crippen LogP) is 2.89. The average Bonchev–Trinajstić information content (AvgIpc) is 2.61. The maximum atomic E-state index is 10.2. The van der Waals surface area contributed by atoms with Crippen LogP contribution in [0, 0.1) is 13.8 Å². The van der Waals surface area contributed by atoms with E-state index in [9.17, 15) is 5.11 Å². The minimum absolute atomic E-state index is 0.420. The third-order valence-corrected chi connectivity index (χ3v) is 3.31. The maximum absolute atomic E-state index is 10.2. The van der Waals surface area contributed by atoms with Crippen LogP contribution in [-0.4, -0.2) is 14.9 Å². The lowest BCUT2D eigenvalue weighted by atomic mass is 10.0. The molecule has 1 atom stereocenters. The first-order chi connectivity index (χ1) is 8.09. The number of hydrogen-bond acceptors (Lipinski definition) is 2. The molecule has 90 valence electrons. The molecule has 4 heteroatoms. The molecule has 0 aliphatic rings. The fraction of sp³-hybridized carbons (Fsp3) is 0.308. The van der Waals surface area contributed by atoms with E-state index in [4.69, 9.17) is 11.6 Å². The Morgan fingerprint density at radius 2 is 2.06 bits per heavy atom. The van der Waals surface area contributed by atoms with E-state index in [0.29, 0.717) is 11.6 Å². The lowest BCUT2D eigenvalue weighted by molar-refractivity contribution is 0.150. The lowest BCUT2D eigenvalue weighted by Gasteiger charge is -2.14. The lowest BCUT2D eigenvalue weighted by Crippen LogP contribution is -2.12. The molecule has 0 saturated heterocycles. The molecule has 0 fully saturated rings. The smallest absolute Gasteiger partial charge is 0.0988 e. The predicted molar refractivity (Wildman–Crippen MR) is 68.1 cm³/mol. The van der Waals surface area contributed by atoms with Crippen molar-refractivity contribution < 1.29 is 5.11 Å². The van der Waals surface area contributed by atoms with E-state index in [2.05, 4.69) is 5.10 Å². The topological polar surface area (TPSA) is 38.0 Å². The Bertz CT molecular complexity index is 522. The molecule has 0 spiro atoms. The average molecular weight is 251 g/mol. The molecule has 1 heterocycles. The number of hydrogen-bond donors (Lipinski definition) is 1. The molecule has 1 unspecified atom stereocenters. The Hall–Kier alpha value is -1.32. The van der Waals surface area contributed by atoms with Crippen LogP contribution >= 0.6 is 11.6 Å². The normalized spacial score (nSPS) is 12.7. The second kappa shape index (κ2) is 4.90. The Morgan fingerprint density at radius 3 is 2.65 bits per heavy atom. The molecule has 2 rings (SSSR count). The van der Waals surface area contributed by atoms with Crippen LogP contribution < -0.4 is 0 Å². The van der Waals surface area contributed by atoms with Gasteiger partial charge in [-0.25, -0.2) is 0 Å². The monoisotopic (exact) mass is 250 g/mol. The van der Waals surface area contributed by atoms with Gasteiger partial charge in [0.05, 0.1) is 29.6 Å². The van der Waals surface area contributed by atoms with E-state index in [0.717, 1.165) is 16.8 Å². The number of rotatable bonds is 3. The van der Waals surface area contributed by atoms with Crippen molar-refractivity contribution >= 4 is 11.6 Å². The number of benzene rings is 1. The van der Waals surface area contributed by atoms with Crippen LogP contribution in [0.3, 0.4) is 0 Å². The number of aliphatic hydroxyl groups is 1. The summed E-state index contributed by atoms with van der Waals surface area (Å²) in [4.78, 5) is 0. The van der Waals surface area contributed by atoms with Crippen LogP contribution in [0.4, 0.5) is 0 Å². The maximum Gasteiger partial charge on any atom is 0.0988 e. The zero-order valence-electron chi connectivity index (χ0n) is 9.89. The first-order valence-corrected chi connectivity index (χ1v) is 5.89. The fourth-order valence-electron chi connectivity index (χ4n) is 1.83. The zero-order chi connectivity index (χ0) is 12.4. The standard InChI is InChI=1S/C13H15ClN2O/c1-9-5-3-4-6-11(9)13(17)8-16-10(2)12(14)7-15-16/h3-7,13,17H,8H2,1-2H3. The van der Waals surface area contributed by atoms with Gasteiger partial charge in [0.2, 0.25) is 0 Å². The Balaban J connectivity index is 2.20. The molecule has 0 radical (unpaired) electrons. The zero-order valence-corrected chi connectivity index (χ0v) is 10.6. The molecule has 1 aromatic carbocycles. The second-order valence-corrected chi connectivity index (χ2v) is 4.54. The minimum atomic E-state index is -0.564. The van der Waals surface area contributed by atoms with Crippen LogP contribution in [0.15, 0.2) is 30.5 Å².